The lowest BCUT2D eigenvalue weighted by molar-refractivity contribution is -0.126. The first-order valence-corrected chi connectivity index (χ1v) is 10.3. The van der Waals surface area contributed by atoms with Crippen molar-refractivity contribution in [3.8, 4) is 11.3 Å². The van der Waals surface area contributed by atoms with Gasteiger partial charge in [0.1, 0.15) is 5.82 Å². The van der Waals surface area contributed by atoms with Crippen molar-refractivity contribution >= 4 is 22.6 Å². The lowest BCUT2D eigenvalue weighted by atomic mass is 10.0. The maximum absolute atomic E-state index is 14.0. The Morgan fingerprint density at radius 2 is 1.62 bits per heavy atom. The Morgan fingerprint density at radius 1 is 0.966 bits per heavy atom. The highest BCUT2D eigenvalue weighted by molar-refractivity contribution is 6.46. The molecule has 0 saturated carbocycles. The van der Waals surface area contributed by atoms with Crippen LogP contribution in [-0.2, 0) is 4.79 Å². The number of nitrogens with zero attached hydrogens (tertiary/aromatic N) is 1. The highest BCUT2D eigenvalue weighted by Gasteiger charge is 2.28. The minimum atomic E-state index is -0.590. The maximum Gasteiger partial charge on any atom is 0.295 e. The molecule has 0 atom stereocenters. The summed E-state index contributed by atoms with van der Waals surface area (Å²) in [6, 6.07) is 13.6. The molecule has 0 unspecified atom stereocenters. The number of amides is 1. The smallest absolute Gasteiger partial charge is 0.295 e. The zero-order valence-corrected chi connectivity index (χ0v) is 17.0. The summed E-state index contributed by atoms with van der Waals surface area (Å²) >= 11 is 0. The number of hydrogen-bond acceptors (Lipinski definition) is 2. The number of carbonyl (C=O) groups excluding carboxylic acids is 2. The molecule has 1 amide bonds. The number of H-pyrrole nitrogens is 1. The molecule has 1 heterocycles. The molecule has 0 aliphatic carbocycles. The van der Waals surface area contributed by atoms with Crippen LogP contribution in [0.1, 0.15) is 49.9 Å². The van der Waals surface area contributed by atoms with E-state index in [0.29, 0.717) is 29.7 Å². The van der Waals surface area contributed by atoms with E-state index in [1.165, 1.54) is 12.1 Å². The Morgan fingerprint density at radius 3 is 2.24 bits per heavy atom. The van der Waals surface area contributed by atoms with Crippen LogP contribution in [0.5, 0.6) is 0 Å². The van der Waals surface area contributed by atoms with Gasteiger partial charge in [0.25, 0.3) is 11.7 Å². The van der Waals surface area contributed by atoms with Crippen molar-refractivity contribution in [3.05, 3.63) is 59.9 Å². The number of carbonyl (C=O) groups is 2. The third kappa shape index (κ3) is 4.56. The van der Waals surface area contributed by atoms with Crippen molar-refractivity contribution in [3.63, 3.8) is 0 Å². The Hall–Kier alpha value is -2.95. The summed E-state index contributed by atoms with van der Waals surface area (Å²) in [6.45, 7) is 5.22. The maximum atomic E-state index is 14.0. The van der Waals surface area contributed by atoms with E-state index in [4.69, 9.17) is 0 Å². The van der Waals surface area contributed by atoms with Gasteiger partial charge in [0.05, 0.1) is 11.3 Å². The van der Waals surface area contributed by atoms with Gasteiger partial charge < -0.3 is 9.88 Å². The van der Waals surface area contributed by atoms with Gasteiger partial charge in [-0.2, -0.15) is 0 Å². The van der Waals surface area contributed by atoms with Crippen LogP contribution >= 0.6 is 0 Å². The highest BCUT2D eigenvalue weighted by atomic mass is 19.1. The van der Waals surface area contributed by atoms with Gasteiger partial charge in [0, 0.05) is 24.0 Å². The molecule has 0 fully saturated rings. The van der Waals surface area contributed by atoms with Gasteiger partial charge in [-0.05, 0) is 36.6 Å². The number of rotatable bonds is 9. The molecule has 0 saturated heterocycles. The second-order valence-corrected chi connectivity index (χ2v) is 7.26. The first-order valence-electron chi connectivity index (χ1n) is 10.3. The van der Waals surface area contributed by atoms with Crippen LogP contribution < -0.4 is 0 Å². The van der Waals surface area contributed by atoms with Gasteiger partial charge in [-0.15, -0.1) is 0 Å². The molecule has 3 rings (SSSR count). The molecule has 4 nitrogen and oxygen atoms in total. The van der Waals surface area contributed by atoms with Gasteiger partial charge in [-0.3, -0.25) is 9.59 Å². The second-order valence-electron chi connectivity index (χ2n) is 7.26. The number of unbranched alkanes of at least 4 members (excludes halogenated alkanes) is 2. The van der Waals surface area contributed by atoms with Crippen molar-refractivity contribution in [2.75, 3.05) is 13.1 Å². The number of nitrogens with one attached hydrogen (secondary N) is 1. The summed E-state index contributed by atoms with van der Waals surface area (Å²) in [7, 11) is 0. The van der Waals surface area contributed by atoms with Gasteiger partial charge in [-0.25, -0.2) is 4.39 Å². The first kappa shape index (κ1) is 20.8. The van der Waals surface area contributed by atoms with E-state index < -0.39 is 17.5 Å². The number of aromatic nitrogens is 1. The van der Waals surface area contributed by atoms with E-state index in [2.05, 4.69) is 18.8 Å². The zero-order valence-electron chi connectivity index (χ0n) is 17.0. The molecular formula is C24H27FN2O2. The Balaban J connectivity index is 2.07. The predicted molar refractivity (Wildman–Crippen MR) is 114 cm³/mol. The third-order valence-electron chi connectivity index (χ3n) is 5.09. The average molecular weight is 394 g/mol. The Kier molecular flexibility index (Phi) is 6.81. The molecule has 0 aliphatic rings. The van der Waals surface area contributed by atoms with Crippen LogP contribution in [0.25, 0.3) is 22.2 Å². The zero-order chi connectivity index (χ0) is 20.8. The van der Waals surface area contributed by atoms with E-state index in [1.54, 1.807) is 11.0 Å². The molecule has 0 radical (unpaired) electrons. The number of ketones is 1. The molecule has 5 heteroatoms. The fourth-order valence-corrected chi connectivity index (χ4v) is 3.48. The summed E-state index contributed by atoms with van der Waals surface area (Å²) in [4.78, 5) is 31.3. The summed E-state index contributed by atoms with van der Waals surface area (Å²) in [5.41, 5.74) is 2.22. The van der Waals surface area contributed by atoms with E-state index >= 15 is 0 Å². The molecule has 0 spiro atoms. The van der Waals surface area contributed by atoms with Gasteiger partial charge >= 0.3 is 0 Å². The van der Waals surface area contributed by atoms with Crippen molar-refractivity contribution in [2.24, 2.45) is 0 Å². The van der Waals surface area contributed by atoms with E-state index in [0.717, 1.165) is 31.2 Å². The SMILES string of the molecule is CCCCN(CCCC)C(=O)C(=O)c1c(-c2ccccc2)[nH]c2ccc(F)cc12. The molecular weight excluding hydrogens is 367 g/mol. The normalized spacial score (nSPS) is 11.0. The standard InChI is InChI=1S/C24H27FN2O2/c1-3-5-14-27(15-6-4-2)24(29)23(28)21-19-16-18(25)12-13-20(19)26-22(21)17-10-8-7-9-11-17/h7-13,16,26H,3-6,14-15H2,1-2H3. The Bertz CT molecular complexity index is 987. The van der Waals surface area contributed by atoms with Crippen molar-refractivity contribution in [2.45, 2.75) is 39.5 Å². The van der Waals surface area contributed by atoms with E-state index in [9.17, 15) is 14.0 Å². The predicted octanol–water partition coefficient (Wildman–Crippen LogP) is 5.59. The number of aromatic amines is 1. The second kappa shape index (κ2) is 9.50. The van der Waals surface area contributed by atoms with Crippen LogP contribution in [0.4, 0.5) is 4.39 Å². The molecule has 1 aromatic heterocycles. The number of hydrogen-bond donors (Lipinski definition) is 1. The largest absolute Gasteiger partial charge is 0.354 e. The minimum Gasteiger partial charge on any atom is -0.354 e. The fraction of sp³-hybridized carbons (Fsp3) is 0.333. The quantitative estimate of drug-likeness (QED) is 0.380. The Labute approximate surface area is 170 Å². The van der Waals surface area contributed by atoms with Crippen molar-refractivity contribution < 1.29 is 14.0 Å². The van der Waals surface area contributed by atoms with Crippen LogP contribution in [0.3, 0.4) is 0 Å². The fourth-order valence-electron chi connectivity index (χ4n) is 3.48. The molecule has 2 aromatic carbocycles. The molecule has 1 N–H and O–H groups in total. The van der Waals surface area contributed by atoms with Gasteiger partial charge in [-0.1, -0.05) is 57.0 Å². The van der Waals surface area contributed by atoms with Gasteiger partial charge in [0.15, 0.2) is 0 Å². The monoisotopic (exact) mass is 394 g/mol. The highest BCUT2D eigenvalue weighted by Crippen LogP contribution is 2.31. The topological polar surface area (TPSA) is 53.2 Å². The van der Waals surface area contributed by atoms with Crippen LogP contribution in [0, 0.1) is 5.82 Å². The van der Waals surface area contributed by atoms with E-state index in [1.807, 2.05) is 30.3 Å². The van der Waals surface area contributed by atoms with Crippen molar-refractivity contribution in [1.82, 2.24) is 9.88 Å². The third-order valence-corrected chi connectivity index (χ3v) is 5.09. The van der Waals surface area contributed by atoms with E-state index in [-0.39, 0.29) is 5.56 Å². The van der Waals surface area contributed by atoms with Gasteiger partial charge in [0.2, 0.25) is 0 Å². The molecule has 152 valence electrons. The van der Waals surface area contributed by atoms with Crippen LogP contribution in [0.15, 0.2) is 48.5 Å². The number of halogens is 1. The summed E-state index contributed by atoms with van der Waals surface area (Å²) in [5, 5.41) is 0.438. The molecule has 0 aliphatic heterocycles. The van der Waals surface area contributed by atoms with Crippen LogP contribution in [0.2, 0.25) is 0 Å². The summed E-state index contributed by atoms with van der Waals surface area (Å²) in [5.74, 6) is -1.55. The average Bonchev–Trinajstić information content (AvgIpc) is 3.12. The molecule has 29 heavy (non-hydrogen) atoms. The minimum absolute atomic E-state index is 0.244. The number of fused-ring (bicyclic) bond motifs is 1. The number of Topliss-reactive ketones (excluding diaryl/α,β-unsaturated/α-hetero) is 1. The molecule has 0 bridgehead atoms. The summed E-state index contributed by atoms with van der Waals surface area (Å²) < 4.78 is 14.0. The van der Waals surface area contributed by atoms with Crippen molar-refractivity contribution in [1.29, 1.82) is 0 Å². The van der Waals surface area contributed by atoms with Crippen LogP contribution in [-0.4, -0.2) is 34.7 Å². The summed E-state index contributed by atoms with van der Waals surface area (Å²) in [6.07, 6.45) is 3.57. The molecule has 3 aromatic rings. The number of benzene rings is 2. The first-order chi connectivity index (χ1) is 14.1. The lowest BCUT2D eigenvalue weighted by Gasteiger charge is -2.21. The lowest BCUT2D eigenvalue weighted by Crippen LogP contribution is -2.38.